The van der Waals surface area contributed by atoms with Gasteiger partial charge in [-0.3, -0.25) is 5.43 Å². The van der Waals surface area contributed by atoms with Crippen molar-refractivity contribution in [2.75, 3.05) is 5.32 Å². The number of aromatic nitrogens is 1. The van der Waals surface area contributed by atoms with E-state index in [0.717, 1.165) is 27.0 Å². The Morgan fingerprint density at radius 1 is 1.19 bits per heavy atom. The quantitative estimate of drug-likeness (QED) is 0.295. The number of rotatable bonds is 3. The average molecular weight is 441 g/mol. The van der Waals surface area contributed by atoms with Gasteiger partial charge in [0.05, 0.1) is 17.5 Å². The van der Waals surface area contributed by atoms with Crippen LogP contribution in [-0.4, -0.2) is 16.3 Å². The summed E-state index contributed by atoms with van der Waals surface area (Å²) in [7, 11) is 0. The van der Waals surface area contributed by atoms with Crippen LogP contribution >= 0.6 is 28.1 Å². The molecule has 3 rings (SSSR count). The largest absolute Gasteiger partial charge is 0.418 e. The van der Waals surface area contributed by atoms with E-state index >= 15 is 0 Å². The van der Waals surface area contributed by atoms with E-state index in [-0.39, 0.29) is 10.8 Å². The normalized spacial score (nSPS) is 11.8. The lowest BCUT2D eigenvalue weighted by atomic mass is 10.2. The summed E-state index contributed by atoms with van der Waals surface area (Å²) in [6.45, 7) is 0. The Labute approximate surface area is 160 Å². The lowest BCUT2D eigenvalue weighted by Gasteiger charge is -2.14. The molecule has 3 aromatic rings. The van der Waals surface area contributed by atoms with Crippen molar-refractivity contribution in [1.82, 2.24) is 10.4 Å². The molecule has 1 aromatic heterocycles. The first-order valence-corrected chi connectivity index (χ1v) is 8.57. The number of alkyl halides is 3. The second kappa shape index (κ2) is 7.46. The monoisotopic (exact) mass is 440 g/mol. The zero-order valence-corrected chi connectivity index (χ0v) is 15.5. The highest BCUT2D eigenvalue weighted by Crippen LogP contribution is 2.34. The van der Waals surface area contributed by atoms with Gasteiger partial charge in [-0.05, 0) is 42.5 Å². The Hall–Kier alpha value is -2.39. The summed E-state index contributed by atoms with van der Waals surface area (Å²) in [6.07, 6.45) is -1.16. The molecule has 0 fully saturated rings. The Bertz CT molecular complexity index is 982. The van der Waals surface area contributed by atoms with Gasteiger partial charge in [-0.25, -0.2) is 0 Å². The number of halogens is 4. The minimum absolute atomic E-state index is 0.0426. The first-order valence-electron chi connectivity index (χ1n) is 7.37. The number of aromatic amines is 1. The van der Waals surface area contributed by atoms with Gasteiger partial charge in [0.2, 0.25) is 0 Å². The summed E-state index contributed by atoms with van der Waals surface area (Å²) < 4.78 is 39.9. The number of hydrazone groups is 1. The smallest absolute Gasteiger partial charge is 0.361 e. The van der Waals surface area contributed by atoms with E-state index in [9.17, 15) is 13.2 Å². The Morgan fingerprint density at radius 3 is 2.73 bits per heavy atom. The Balaban J connectivity index is 1.70. The number of para-hydroxylation sites is 1. The molecule has 134 valence electrons. The molecule has 0 spiro atoms. The van der Waals surface area contributed by atoms with Crippen LogP contribution in [0, 0.1) is 0 Å². The van der Waals surface area contributed by atoms with Gasteiger partial charge in [-0.15, -0.1) is 0 Å². The molecule has 0 atom stereocenters. The standard InChI is InChI=1S/C17H12BrF3N4S/c18-11-5-6-14-12(7-11)10(8-22-14)9-23-25-16(26)24-15-4-2-1-3-13(15)17(19,20)21/h1-9,22H,(H2,24,25,26)/b23-9+. The molecule has 26 heavy (non-hydrogen) atoms. The summed E-state index contributed by atoms with van der Waals surface area (Å²) in [4.78, 5) is 3.10. The van der Waals surface area contributed by atoms with E-state index in [0.29, 0.717) is 0 Å². The van der Waals surface area contributed by atoms with Gasteiger partial charge in [-0.2, -0.15) is 18.3 Å². The van der Waals surface area contributed by atoms with E-state index in [2.05, 4.69) is 36.8 Å². The summed E-state index contributed by atoms with van der Waals surface area (Å²) >= 11 is 8.42. The maximum atomic E-state index is 13.0. The van der Waals surface area contributed by atoms with Gasteiger partial charge in [0, 0.05) is 27.1 Å². The van der Waals surface area contributed by atoms with Crippen molar-refractivity contribution in [3.8, 4) is 0 Å². The number of thiocarbonyl (C=S) groups is 1. The van der Waals surface area contributed by atoms with Gasteiger partial charge in [-0.1, -0.05) is 28.1 Å². The van der Waals surface area contributed by atoms with Gasteiger partial charge in [0.15, 0.2) is 5.11 Å². The summed E-state index contributed by atoms with van der Waals surface area (Å²) in [5.41, 5.74) is 3.34. The van der Waals surface area contributed by atoms with Crippen LogP contribution in [0.3, 0.4) is 0 Å². The van der Waals surface area contributed by atoms with Crippen molar-refractivity contribution >= 4 is 56.1 Å². The van der Waals surface area contributed by atoms with Crippen molar-refractivity contribution in [3.63, 3.8) is 0 Å². The molecule has 0 aliphatic heterocycles. The zero-order chi connectivity index (χ0) is 18.7. The SMILES string of the molecule is FC(F)(F)c1ccccc1NC(=S)N/N=C/c1c[nH]c2ccc(Br)cc12. The fraction of sp³-hybridized carbons (Fsp3) is 0.0588. The van der Waals surface area contributed by atoms with E-state index in [1.54, 1.807) is 6.20 Å². The lowest BCUT2D eigenvalue weighted by molar-refractivity contribution is -0.136. The maximum Gasteiger partial charge on any atom is 0.418 e. The fourth-order valence-electron chi connectivity index (χ4n) is 2.37. The van der Waals surface area contributed by atoms with Crippen LogP contribution in [0.5, 0.6) is 0 Å². The zero-order valence-electron chi connectivity index (χ0n) is 13.1. The average Bonchev–Trinajstić information content (AvgIpc) is 2.97. The Morgan fingerprint density at radius 2 is 1.96 bits per heavy atom. The second-order valence-electron chi connectivity index (χ2n) is 5.30. The van der Waals surface area contributed by atoms with Crippen molar-refractivity contribution < 1.29 is 13.2 Å². The molecule has 2 aromatic carbocycles. The predicted molar refractivity (Wildman–Crippen MR) is 104 cm³/mol. The highest BCUT2D eigenvalue weighted by molar-refractivity contribution is 9.10. The van der Waals surface area contributed by atoms with Crippen LogP contribution in [0.15, 0.2) is 58.2 Å². The lowest BCUT2D eigenvalue weighted by Crippen LogP contribution is -2.25. The van der Waals surface area contributed by atoms with Crippen LogP contribution in [-0.2, 0) is 6.18 Å². The molecule has 4 nitrogen and oxygen atoms in total. The van der Waals surface area contributed by atoms with Crippen LogP contribution < -0.4 is 10.7 Å². The van der Waals surface area contributed by atoms with Crippen molar-refractivity contribution in [2.45, 2.75) is 6.18 Å². The van der Waals surface area contributed by atoms with Crippen LogP contribution in [0.1, 0.15) is 11.1 Å². The van der Waals surface area contributed by atoms with Gasteiger partial charge in [0.1, 0.15) is 0 Å². The number of H-pyrrole nitrogens is 1. The number of hydrogen-bond donors (Lipinski definition) is 3. The van der Waals surface area contributed by atoms with E-state index in [4.69, 9.17) is 12.2 Å². The Kier molecular flexibility index (Phi) is 5.28. The third-order valence-electron chi connectivity index (χ3n) is 3.53. The second-order valence-corrected chi connectivity index (χ2v) is 6.63. The molecule has 9 heteroatoms. The number of benzene rings is 2. The topological polar surface area (TPSA) is 52.2 Å². The number of fused-ring (bicyclic) bond motifs is 1. The molecular weight excluding hydrogens is 429 g/mol. The van der Waals surface area contributed by atoms with Gasteiger partial charge >= 0.3 is 6.18 Å². The molecule has 0 saturated carbocycles. The summed E-state index contributed by atoms with van der Waals surface area (Å²) in [6, 6.07) is 10.9. The fourth-order valence-corrected chi connectivity index (χ4v) is 2.90. The highest BCUT2D eigenvalue weighted by atomic mass is 79.9. The predicted octanol–water partition coefficient (Wildman–Crippen LogP) is 5.27. The van der Waals surface area contributed by atoms with Crippen molar-refractivity contribution in [3.05, 3.63) is 64.3 Å². The molecule has 1 heterocycles. The molecule has 3 N–H and O–H groups in total. The molecule has 0 bridgehead atoms. The highest BCUT2D eigenvalue weighted by Gasteiger charge is 2.33. The number of nitrogens with one attached hydrogen (secondary N) is 3. The molecule has 0 saturated heterocycles. The van der Waals surface area contributed by atoms with Crippen LogP contribution in [0.25, 0.3) is 10.9 Å². The van der Waals surface area contributed by atoms with E-state index in [1.165, 1.54) is 24.4 Å². The van der Waals surface area contributed by atoms with Crippen LogP contribution in [0.2, 0.25) is 0 Å². The summed E-state index contributed by atoms with van der Waals surface area (Å²) in [5.74, 6) is 0. The first kappa shape index (κ1) is 18.4. The third kappa shape index (κ3) is 4.23. The molecular formula is C17H12BrF3N4S. The minimum Gasteiger partial charge on any atom is -0.361 e. The number of nitrogens with zero attached hydrogens (tertiary/aromatic N) is 1. The summed E-state index contributed by atoms with van der Waals surface area (Å²) in [5, 5.41) is 7.41. The molecule has 0 unspecified atom stereocenters. The molecule has 0 aliphatic carbocycles. The molecule has 0 radical (unpaired) electrons. The molecule has 0 amide bonds. The first-order chi connectivity index (χ1) is 12.3. The van der Waals surface area contributed by atoms with Gasteiger partial charge < -0.3 is 10.3 Å². The van der Waals surface area contributed by atoms with E-state index in [1.807, 2.05) is 18.2 Å². The van der Waals surface area contributed by atoms with Crippen molar-refractivity contribution in [1.29, 1.82) is 0 Å². The third-order valence-corrected chi connectivity index (χ3v) is 4.21. The van der Waals surface area contributed by atoms with Gasteiger partial charge in [0.25, 0.3) is 0 Å². The number of anilines is 1. The van der Waals surface area contributed by atoms with Crippen molar-refractivity contribution in [2.24, 2.45) is 5.10 Å². The molecule has 0 aliphatic rings. The number of hydrogen-bond acceptors (Lipinski definition) is 2. The minimum atomic E-state index is -4.47. The van der Waals surface area contributed by atoms with E-state index < -0.39 is 11.7 Å². The van der Waals surface area contributed by atoms with Crippen LogP contribution in [0.4, 0.5) is 18.9 Å². The maximum absolute atomic E-state index is 13.0.